The van der Waals surface area contributed by atoms with Crippen molar-refractivity contribution >= 4 is 28.3 Å². The highest BCUT2D eigenvalue weighted by molar-refractivity contribution is 9.10. The lowest BCUT2D eigenvalue weighted by Gasteiger charge is -2.04. The predicted octanol–water partition coefficient (Wildman–Crippen LogP) is 3.37. The van der Waals surface area contributed by atoms with Gasteiger partial charge in [-0.25, -0.2) is 0 Å². The molecule has 0 aliphatic rings. The molecule has 0 unspecified atom stereocenters. The van der Waals surface area contributed by atoms with E-state index in [1.165, 1.54) is 16.5 Å². The van der Waals surface area contributed by atoms with Gasteiger partial charge in [-0.3, -0.25) is 0 Å². The lowest BCUT2D eigenvalue weighted by Crippen LogP contribution is -2.13. The van der Waals surface area contributed by atoms with Gasteiger partial charge >= 0.3 is 0 Å². The van der Waals surface area contributed by atoms with Gasteiger partial charge in [-0.15, -0.1) is 12.4 Å². The fourth-order valence-electron chi connectivity index (χ4n) is 1.04. The molecule has 0 bridgehead atoms. The average molecular weight is 265 g/mol. The molecule has 0 atom stereocenters. The van der Waals surface area contributed by atoms with E-state index in [2.05, 4.69) is 46.4 Å². The molecule has 0 radical (unpaired) electrons. The van der Waals surface area contributed by atoms with Crippen LogP contribution in [0.1, 0.15) is 18.9 Å². The van der Waals surface area contributed by atoms with E-state index in [9.17, 15) is 0 Å². The van der Waals surface area contributed by atoms with Crippen LogP contribution in [0.15, 0.2) is 28.7 Å². The van der Waals surface area contributed by atoms with Crippen LogP contribution in [0.4, 0.5) is 0 Å². The lowest BCUT2D eigenvalue weighted by atomic mass is 10.2. The summed E-state index contributed by atoms with van der Waals surface area (Å²) >= 11 is 3.51. The van der Waals surface area contributed by atoms with Gasteiger partial charge in [-0.05, 0) is 24.6 Å². The van der Waals surface area contributed by atoms with E-state index < -0.39 is 0 Å². The predicted molar refractivity (Wildman–Crippen MR) is 63.4 cm³/mol. The zero-order chi connectivity index (χ0) is 8.81. The van der Waals surface area contributed by atoms with Crippen molar-refractivity contribution in [1.29, 1.82) is 0 Å². The van der Waals surface area contributed by atoms with Gasteiger partial charge in [0.15, 0.2) is 0 Å². The summed E-state index contributed by atoms with van der Waals surface area (Å²) < 4.78 is 1.19. The van der Waals surface area contributed by atoms with Crippen LogP contribution >= 0.6 is 28.3 Å². The van der Waals surface area contributed by atoms with Crippen molar-refractivity contribution in [2.24, 2.45) is 0 Å². The molecule has 0 aliphatic carbocycles. The quantitative estimate of drug-likeness (QED) is 0.822. The standard InChI is InChI=1S/C10H14BrN.ClH/c1-2-7-12-8-9-5-3-4-6-10(9)11;/h3-6,12H,2,7-8H2,1H3;1H. The molecule has 0 spiro atoms. The van der Waals surface area contributed by atoms with Crippen LogP contribution in [-0.4, -0.2) is 6.54 Å². The van der Waals surface area contributed by atoms with Crippen LogP contribution in [0.5, 0.6) is 0 Å². The molecule has 1 nitrogen and oxygen atoms in total. The summed E-state index contributed by atoms with van der Waals surface area (Å²) in [6, 6.07) is 8.30. The van der Waals surface area contributed by atoms with E-state index >= 15 is 0 Å². The van der Waals surface area contributed by atoms with Crippen LogP contribution in [-0.2, 0) is 6.54 Å². The number of hydrogen-bond acceptors (Lipinski definition) is 1. The molecule has 0 fully saturated rings. The Morgan fingerprint density at radius 3 is 2.62 bits per heavy atom. The first-order valence-electron chi connectivity index (χ1n) is 4.28. The maximum atomic E-state index is 3.51. The van der Waals surface area contributed by atoms with Gasteiger partial charge in [0.1, 0.15) is 0 Å². The first-order valence-corrected chi connectivity index (χ1v) is 5.08. The minimum Gasteiger partial charge on any atom is -0.313 e. The van der Waals surface area contributed by atoms with E-state index in [0.717, 1.165) is 13.1 Å². The molecular formula is C10H15BrClN. The molecule has 3 heteroatoms. The molecule has 1 N–H and O–H groups in total. The fraction of sp³-hybridized carbons (Fsp3) is 0.400. The summed E-state index contributed by atoms with van der Waals surface area (Å²) in [6.07, 6.45) is 1.18. The van der Waals surface area contributed by atoms with Gasteiger partial charge < -0.3 is 5.32 Å². The Balaban J connectivity index is 0.00000144. The maximum Gasteiger partial charge on any atom is 0.0220 e. The van der Waals surface area contributed by atoms with Crippen LogP contribution in [0.3, 0.4) is 0 Å². The first kappa shape index (κ1) is 12.9. The maximum absolute atomic E-state index is 3.51. The van der Waals surface area contributed by atoms with Gasteiger partial charge in [0.05, 0.1) is 0 Å². The normalized spacial score (nSPS) is 9.38. The summed E-state index contributed by atoms with van der Waals surface area (Å²) in [7, 11) is 0. The second-order valence-corrected chi connectivity index (χ2v) is 3.62. The Bertz CT molecular complexity index is 240. The highest BCUT2D eigenvalue weighted by atomic mass is 79.9. The minimum absolute atomic E-state index is 0. The van der Waals surface area contributed by atoms with Gasteiger partial charge in [-0.2, -0.15) is 0 Å². The minimum atomic E-state index is 0. The van der Waals surface area contributed by atoms with Crippen molar-refractivity contribution in [2.45, 2.75) is 19.9 Å². The summed E-state index contributed by atoms with van der Waals surface area (Å²) in [4.78, 5) is 0. The van der Waals surface area contributed by atoms with E-state index in [-0.39, 0.29) is 12.4 Å². The average Bonchev–Trinajstić information content (AvgIpc) is 2.09. The largest absolute Gasteiger partial charge is 0.313 e. The number of hydrogen-bond donors (Lipinski definition) is 1. The van der Waals surface area contributed by atoms with Crippen LogP contribution in [0, 0.1) is 0 Å². The smallest absolute Gasteiger partial charge is 0.0220 e. The van der Waals surface area contributed by atoms with E-state index in [1.807, 2.05) is 6.07 Å². The molecule has 0 saturated heterocycles. The number of nitrogens with one attached hydrogen (secondary N) is 1. The molecule has 1 aromatic rings. The first-order chi connectivity index (χ1) is 5.84. The zero-order valence-electron chi connectivity index (χ0n) is 7.72. The summed E-state index contributed by atoms with van der Waals surface area (Å²) in [6.45, 7) is 4.21. The third-order valence-electron chi connectivity index (χ3n) is 1.70. The zero-order valence-corrected chi connectivity index (χ0v) is 10.1. The van der Waals surface area contributed by atoms with Crippen molar-refractivity contribution < 1.29 is 0 Å². The number of benzene rings is 1. The fourth-order valence-corrected chi connectivity index (χ4v) is 1.47. The topological polar surface area (TPSA) is 12.0 Å². The van der Waals surface area contributed by atoms with Crippen molar-refractivity contribution in [3.63, 3.8) is 0 Å². The Morgan fingerprint density at radius 1 is 1.31 bits per heavy atom. The van der Waals surface area contributed by atoms with Crippen LogP contribution in [0.2, 0.25) is 0 Å². The van der Waals surface area contributed by atoms with Crippen LogP contribution in [0.25, 0.3) is 0 Å². The Hall–Kier alpha value is -0.0500. The molecule has 1 rings (SSSR count). The SMILES string of the molecule is CCCNCc1ccccc1Br.Cl. The highest BCUT2D eigenvalue weighted by Gasteiger charge is 1.95. The molecule has 13 heavy (non-hydrogen) atoms. The molecule has 0 heterocycles. The van der Waals surface area contributed by atoms with E-state index in [4.69, 9.17) is 0 Å². The van der Waals surface area contributed by atoms with Gasteiger partial charge in [-0.1, -0.05) is 41.1 Å². The van der Waals surface area contributed by atoms with Gasteiger partial charge in [0.2, 0.25) is 0 Å². The molecule has 0 aromatic heterocycles. The number of halogens is 2. The second kappa shape index (κ2) is 7.36. The number of rotatable bonds is 4. The molecule has 0 amide bonds. The van der Waals surface area contributed by atoms with Crippen molar-refractivity contribution in [1.82, 2.24) is 5.32 Å². The van der Waals surface area contributed by atoms with Crippen molar-refractivity contribution in [3.05, 3.63) is 34.3 Å². The van der Waals surface area contributed by atoms with E-state index in [1.54, 1.807) is 0 Å². The van der Waals surface area contributed by atoms with E-state index in [0.29, 0.717) is 0 Å². The monoisotopic (exact) mass is 263 g/mol. The highest BCUT2D eigenvalue weighted by Crippen LogP contribution is 2.14. The summed E-state index contributed by atoms with van der Waals surface area (Å²) in [5.74, 6) is 0. The molecular weight excluding hydrogens is 249 g/mol. The van der Waals surface area contributed by atoms with Gasteiger partial charge in [0, 0.05) is 11.0 Å². The van der Waals surface area contributed by atoms with Crippen LogP contribution < -0.4 is 5.32 Å². The summed E-state index contributed by atoms with van der Waals surface area (Å²) in [5, 5.41) is 3.36. The second-order valence-electron chi connectivity index (χ2n) is 2.77. The third kappa shape index (κ3) is 4.65. The molecule has 74 valence electrons. The Kier molecular flexibility index (Phi) is 7.33. The van der Waals surface area contributed by atoms with Crippen molar-refractivity contribution in [3.8, 4) is 0 Å². The Labute approximate surface area is 94.5 Å². The van der Waals surface area contributed by atoms with Gasteiger partial charge in [0.25, 0.3) is 0 Å². The van der Waals surface area contributed by atoms with Crippen molar-refractivity contribution in [2.75, 3.05) is 6.54 Å². The third-order valence-corrected chi connectivity index (χ3v) is 2.47. The summed E-state index contributed by atoms with van der Waals surface area (Å²) in [5.41, 5.74) is 1.32. The molecule has 0 aliphatic heterocycles. The Morgan fingerprint density at radius 2 is 2.00 bits per heavy atom. The lowest BCUT2D eigenvalue weighted by molar-refractivity contribution is 0.674. The molecule has 0 saturated carbocycles. The molecule has 1 aromatic carbocycles.